The number of carbonyl (C=O) groups is 1. The van der Waals surface area contributed by atoms with Crippen LogP contribution in [0.25, 0.3) is 0 Å². The third-order valence-corrected chi connectivity index (χ3v) is 12.3. The van der Waals surface area contributed by atoms with E-state index in [4.69, 9.17) is 28.4 Å². The average Bonchev–Trinajstić information content (AvgIpc) is 3.39. The molecule has 0 bridgehead atoms. The molecule has 3 aliphatic rings. The van der Waals surface area contributed by atoms with Gasteiger partial charge in [-0.05, 0) is 77.0 Å². The van der Waals surface area contributed by atoms with Gasteiger partial charge in [0.15, 0.2) is 18.9 Å². The zero-order chi connectivity index (χ0) is 53.4. The van der Waals surface area contributed by atoms with Crippen LogP contribution in [0.2, 0.25) is 0 Å². The molecule has 3 saturated heterocycles. The van der Waals surface area contributed by atoms with E-state index in [1.165, 1.54) is 0 Å². The molecule has 3 aliphatic heterocycles. The number of carbonyl (C=O) groups excluding carboxylic acids is 1. The molecule has 416 valence electrons. The summed E-state index contributed by atoms with van der Waals surface area (Å²) >= 11 is 0. The molecular formula is C54H87NO18. The van der Waals surface area contributed by atoms with Gasteiger partial charge in [0.05, 0.1) is 38.6 Å². The fourth-order valence-corrected chi connectivity index (χ4v) is 8.03. The van der Waals surface area contributed by atoms with Crippen LogP contribution in [0.1, 0.15) is 104 Å². The largest absolute Gasteiger partial charge is 0.394 e. The van der Waals surface area contributed by atoms with Gasteiger partial charge < -0.3 is 89.9 Å². The normalized spacial score (nSPS) is 32.5. The van der Waals surface area contributed by atoms with E-state index in [0.717, 1.165) is 64.2 Å². The molecular weight excluding hydrogens is 951 g/mol. The lowest BCUT2D eigenvalue weighted by Gasteiger charge is -2.48. The van der Waals surface area contributed by atoms with Gasteiger partial charge >= 0.3 is 0 Å². The first-order valence-electron chi connectivity index (χ1n) is 26.0. The Kier molecular flexibility index (Phi) is 32.8. The maximum absolute atomic E-state index is 13.2. The van der Waals surface area contributed by atoms with Crippen LogP contribution in [-0.2, 0) is 33.2 Å². The molecule has 3 rings (SSSR count). The summed E-state index contributed by atoms with van der Waals surface area (Å²) < 4.78 is 34.0. The molecule has 19 heteroatoms. The topological polar surface area (TPSA) is 307 Å². The molecule has 17 atom stereocenters. The van der Waals surface area contributed by atoms with E-state index in [1.54, 1.807) is 12.2 Å². The highest BCUT2D eigenvalue weighted by Crippen LogP contribution is 2.33. The van der Waals surface area contributed by atoms with Gasteiger partial charge in [-0.25, -0.2) is 0 Å². The van der Waals surface area contributed by atoms with Crippen LogP contribution < -0.4 is 5.32 Å². The molecule has 3 heterocycles. The van der Waals surface area contributed by atoms with Crippen LogP contribution in [0.5, 0.6) is 0 Å². The molecule has 17 unspecified atom stereocenters. The molecule has 12 N–H and O–H groups in total. The van der Waals surface area contributed by atoms with Crippen molar-refractivity contribution >= 4 is 5.91 Å². The third-order valence-electron chi connectivity index (χ3n) is 12.3. The minimum Gasteiger partial charge on any atom is -0.394 e. The van der Waals surface area contributed by atoms with Crippen LogP contribution in [-0.4, -0.2) is 193 Å². The molecule has 0 aliphatic carbocycles. The van der Waals surface area contributed by atoms with E-state index in [1.807, 2.05) is 12.2 Å². The fraction of sp³-hybridized carbons (Fsp3) is 0.685. The van der Waals surface area contributed by atoms with Gasteiger partial charge in [0.25, 0.3) is 0 Å². The molecule has 0 radical (unpaired) electrons. The number of ether oxygens (including phenoxy) is 6. The van der Waals surface area contributed by atoms with E-state index < -0.39 is 131 Å². The zero-order valence-corrected chi connectivity index (χ0v) is 42.6. The van der Waals surface area contributed by atoms with Crippen molar-refractivity contribution in [2.75, 3.05) is 26.4 Å². The van der Waals surface area contributed by atoms with E-state index in [2.05, 4.69) is 92.1 Å². The second-order valence-electron chi connectivity index (χ2n) is 18.2. The predicted octanol–water partition coefficient (Wildman–Crippen LogP) is 2.25. The Labute approximate surface area is 431 Å². The summed E-state index contributed by atoms with van der Waals surface area (Å²) in [6.45, 7) is 1.39. The Morgan fingerprint density at radius 2 is 0.932 bits per heavy atom. The quantitative estimate of drug-likeness (QED) is 0.0325. The van der Waals surface area contributed by atoms with Crippen molar-refractivity contribution in [2.24, 2.45) is 0 Å². The highest BCUT2D eigenvalue weighted by atomic mass is 16.8. The number of nitrogens with one attached hydrogen (secondary N) is 1. The van der Waals surface area contributed by atoms with Gasteiger partial charge in [-0.3, -0.25) is 4.79 Å². The summed E-state index contributed by atoms with van der Waals surface area (Å²) in [7, 11) is 0. The SMILES string of the molecule is CC/C=C\C/C=C\C/C=C\C/C=C\C/C=C\CCCC(=O)NC(COC1OC(CO)C(OC2OC(CO)C(OC3OC(CO)C(O)C(O)C3O)C(O)C2O)C(O)C1O)C(O)/C=C/CC/C=C/CC/C=C/CCC. The van der Waals surface area contributed by atoms with E-state index in [-0.39, 0.29) is 12.3 Å². The molecule has 0 aromatic heterocycles. The molecule has 0 saturated carbocycles. The summed E-state index contributed by atoms with van der Waals surface area (Å²) in [6, 6.07) is -1.03. The number of unbranched alkanes of at least 4 members (excludes halogenated alkanes) is 4. The highest BCUT2D eigenvalue weighted by molar-refractivity contribution is 5.76. The summed E-state index contributed by atoms with van der Waals surface area (Å²) in [5.41, 5.74) is 0. The number of hydrogen-bond donors (Lipinski definition) is 12. The number of aliphatic hydroxyl groups excluding tert-OH is 11. The van der Waals surface area contributed by atoms with Crippen LogP contribution in [0.15, 0.2) is 97.2 Å². The number of amides is 1. The van der Waals surface area contributed by atoms with Gasteiger partial charge in [0, 0.05) is 6.42 Å². The van der Waals surface area contributed by atoms with Crippen molar-refractivity contribution < 1.29 is 89.4 Å². The maximum atomic E-state index is 13.2. The zero-order valence-electron chi connectivity index (χ0n) is 42.6. The molecule has 0 spiro atoms. The highest BCUT2D eigenvalue weighted by Gasteiger charge is 2.53. The van der Waals surface area contributed by atoms with Crippen LogP contribution in [0.3, 0.4) is 0 Å². The molecule has 0 aromatic rings. The molecule has 0 aromatic carbocycles. The van der Waals surface area contributed by atoms with Crippen LogP contribution in [0, 0.1) is 0 Å². The van der Waals surface area contributed by atoms with Gasteiger partial charge in [-0.1, -0.05) is 117 Å². The minimum absolute atomic E-state index is 0.147. The lowest BCUT2D eigenvalue weighted by molar-refractivity contribution is -0.379. The third kappa shape index (κ3) is 22.8. The molecule has 1 amide bonds. The van der Waals surface area contributed by atoms with Crippen molar-refractivity contribution in [3.05, 3.63) is 97.2 Å². The number of allylic oxidation sites excluding steroid dienone is 15. The average molecular weight is 1040 g/mol. The lowest BCUT2D eigenvalue weighted by atomic mass is 9.96. The smallest absolute Gasteiger partial charge is 0.220 e. The van der Waals surface area contributed by atoms with E-state index in [9.17, 15) is 61.0 Å². The van der Waals surface area contributed by atoms with Crippen LogP contribution >= 0.6 is 0 Å². The summed E-state index contributed by atoms with van der Waals surface area (Å²) in [4.78, 5) is 13.2. The Balaban J connectivity index is 1.58. The first-order valence-corrected chi connectivity index (χ1v) is 26.0. The van der Waals surface area contributed by atoms with E-state index in [0.29, 0.717) is 19.3 Å². The standard InChI is InChI=1S/C54H87NO18/c1-3-5-7-9-11-13-15-16-17-18-19-20-22-24-26-28-30-32-42(60)55-37(38(59)31-29-27-25-23-21-14-12-10-8-6-4-2)36-68-52-48(66)45(63)50(40(34-57)70-52)73-54-49(67)46(64)51(41(35-58)71-54)72-53-47(65)44(62)43(61)39(33-56)69-53/h5,7-8,10-11,13,16-17,19-21,23-24,26,29,31,37-41,43-54,56-59,61-67H,3-4,6,9,12,14-15,18,22,25,27-28,30,32-36H2,1-2H3,(H,55,60)/b7-5-,10-8+,13-11-,17-16-,20-19-,23-21+,26-24-,31-29+. The second-order valence-corrected chi connectivity index (χ2v) is 18.2. The molecule has 73 heavy (non-hydrogen) atoms. The van der Waals surface area contributed by atoms with Gasteiger partial charge in [0.1, 0.15) is 73.2 Å². The Hall–Kier alpha value is -3.29. The molecule has 3 fully saturated rings. The van der Waals surface area contributed by atoms with Gasteiger partial charge in [-0.2, -0.15) is 0 Å². The minimum atomic E-state index is -1.99. The Morgan fingerprint density at radius 3 is 1.44 bits per heavy atom. The summed E-state index contributed by atoms with van der Waals surface area (Å²) in [5, 5.41) is 119. The first kappa shape index (κ1) is 64.0. The van der Waals surface area contributed by atoms with Crippen molar-refractivity contribution in [1.29, 1.82) is 0 Å². The molecule has 19 nitrogen and oxygen atoms in total. The number of rotatable bonds is 34. The summed E-state index contributed by atoms with van der Waals surface area (Å²) in [5.74, 6) is -0.355. The number of aliphatic hydroxyl groups is 11. The number of hydrogen-bond acceptors (Lipinski definition) is 18. The Bertz CT molecular complexity index is 1720. The monoisotopic (exact) mass is 1040 g/mol. The van der Waals surface area contributed by atoms with Crippen molar-refractivity contribution in [2.45, 2.75) is 208 Å². The fourth-order valence-electron chi connectivity index (χ4n) is 8.03. The van der Waals surface area contributed by atoms with Crippen molar-refractivity contribution in [1.82, 2.24) is 5.32 Å². The maximum Gasteiger partial charge on any atom is 0.220 e. The van der Waals surface area contributed by atoms with E-state index >= 15 is 0 Å². The van der Waals surface area contributed by atoms with Crippen LogP contribution in [0.4, 0.5) is 0 Å². The van der Waals surface area contributed by atoms with Gasteiger partial charge in [-0.15, -0.1) is 0 Å². The van der Waals surface area contributed by atoms with Crippen molar-refractivity contribution in [3.63, 3.8) is 0 Å². The summed E-state index contributed by atoms with van der Waals surface area (Å²) in [6.07, 6.45) is 17.1. The lowest BCUT2D eigenvalue weighted by Crippen LogP contribution is -2.66. The Morgan fingerprint density at radius 1 is 0.507 bits per heavy atom. The van der Waals surface area contributed by atoms with Crippen molar-refractivity contribution in [3.8, 4) is 0 Å². The first-order chi connectivity index (χ1) is 35.3. The predicted molar refractivity (Wildman–Crippen MR) is 272 cm³/mol. The second kappa shape index (κ2) is 37.5. The van der Waals surface area contributed by atoms with Gasteiger partial charge in [0.2, 0.25) is 5.91 Å².